The van der Waals surface area contributed by atoms with Gasteiger partial charge in [0.05, 0.1) is 25.3 Å². The summed E-state index contributed by atoms with van der Waals surface area (Å²) in [4.78, 5) is 24.3. The van der Waals surface area contributed by atoms with Crippen molar-refractivity contribution in [1.82, 2.24) is 9.78 Å². The summed E-state index contributed by atoms with van der Waals surface area (Å²) in [6.45, 7) is 2.68. The van der Waals surface area contributed by atoms with Crippen molar-refractivity contribution in [1.29, 1.82) is 0 Å². The van der Waals surface area contributed by atoms with Gasteiger partial charge in [-0.3, -0.25) is 9.59 Å². The number of hydrogen-bond acceptors (Lipinski definition) is 4. The van der Waals surface area contributed by atoms with Crippen LogP contribution in [-0.2, 0) is 22.5 Å². The highest BCUT2D eigenvalue weighted by Crippen LogP contribution is 2.18. The summed E-state index contributed by atoms with van der Waals surface area (Å²) < 4.78 is 33.2. The highest BCUT2D eigenvalue weighted by atomic mass is 19.2. The number of carbonyl (C=O) groups is 1. The number of unbranched alkanes of at least 4 members (excludes halogenated alkanes) is 2. The van der Waals surface area contributed by atoms with E-state index < -0.39 is 11.6 Å². The number of esters is 1. The Kier molecular flexibility index (Phi) is 7.65. The lowest BCUT2D eigenvalue weighted by molar-refractivity contribution is -0.142. The van der Waals surface area contributed by atoms with E-state index in [1.54, 1.807) is 6.07 Å². The number of aromatic nitrogens is 2. The summed E-state index contributed by atoms with van der Waals surface area (Å²) in [5.41, 5.74) is 1.96. The van der Waals surface area contributed by atoms with Gasteiger partial charge in [-0.05, 0) is 41.8 Å². The highest BCUT2D eigenvalue weighted by Gasteiger charge is 2.09. The van der Waals surface area contributed by atoms with Crippen LogP contribution < -0.4 is 5.56 Å². The van der Waals surface area contributed by atoms with Gasteiger partial charge < -0.3 is 4.74 Å². The van der Waals surface area contributed by atoms with Crippen LogP contribution in [-0.4, -0.2) is 22.4 Å². The molecule has 0 amide bonds. The Balaban J connectivity index is 1.72. The monoisotopic (exact) mass is 426 g/mol. The molecule has 0 aliphatic heterocycles. The highest BCUT2D eigenvalue weighted by molar-refractivity contribution is 5.72. The fourth-order valence-corrected chi connectivity index (χ4v) is 3.14. The number of carbonyl (C=O) groups excluding carboxylic acids is 1. The standard InChI is InChI=1S/C24H24F2N2O3/c1-2-3-4-12-31-24(30)14-17-6-5-7-18(13-17)16-28-23(29)11-10-22(27-28)19-8-9-20(25)21(26)15-19/h5-11,13,15H,2-4,12,14,16H2,1H3. The second-order valence-electron chi connectivity index (χ2n) is 7.27. The van der Waals surface area contributed by atoms with E-state index in [9.17, 15) is 18.4 Å². The second kappa shape index (κ2) is 10.6. The van der Waals surface area contributed by atoms with Crippen molar-refractivity contribution in [3.8, 4) is 11.3 Å². The van der Waals surface area contributed by atoms with Crippen LogP contribution in [0, 0.1) is 11.6 Å². The first kappa shape index (κ1) is 22.3. The topological polar surface area (TPSA) is 61.2 Å². The van der Waals surface area contributed by atoms with E-state index in [4.69, 9.17) is 4.74 Å². The average molecular weight is 426 g/mol. The minimum Gasteiger partial charge on any atom is -0.465 e. The van der Waals surface area contributed by atoms with Gasteiger partial charge >= 0.3 is 5.97 Å². The third kappa shape index (κ3) is 6.31. The number of hydrogen-bond donors (Lipinski definition) is 0. The number of rotatable bonds is 9. The van der Waals surface area contributed by atoms with E-state index in [1.807, 2.05) is 18.2 Å². The first-order valence-corrected chi connectivity index (χ1v) is 10.2. The first-order valence-electron chi connectivity index (χ1n) is 10.2. The van der Waals surface area contributed by atoms with Crippen LogP contribution in [0.5, 0.6) is 0 Å². The van der Waals surface area contributed by atoms with Crippen LogP contribution in [0.15, 0.2) is 59.4 Å². The number of benzene rings is 2. The van der Waals surface area contributed by atoms with Crippen molar-refractivity contribution in [2.24, 2.45) is 0 Å². The Morgan fingerprint density at radius 3 is 2.58 bits per heavy atom. The summed E-state index contributed by atoms with van der Waals surface area (Å²) in [6.07, 6.45) is 3.08. The Bertz CT molecular complexity index is 1110. The summed E-state index contributed by atoms with van der Waals surface area (Å²) in [6, 6.07) is 13.6. The molecular weight excluding hydrogens is 402 g/mol. The lowest BCUT2D eigenvalue weighted by atomic mass is 10.1. The molecule has 0 bridgehead atoms. The third-order valence-electron chi connectivity index (χ3n) is 4.77. The van der Waals surface area contributed by atoms with Gasteiger partial charge in [0.15, 0.2) is 11.6 Å². The van der Waals surface area contributed by atoms with E-state index in [0.29, 0.717) is 17.9 Å². The van der Waals surface area contributed by atoms with Gasteiger partial charge in [0, 0.05) is 11.6 Å². The largest absolute Gasteiger partial charge is 0.465 e. The predicted molar refractivity (Wildman–Crippen MR) is 114 cm³/mol. The Morgan fingerprint density at radius 2 is 1.81 bits per heavy atom. The smallest absolute Gasteiger partial charge is 0.310 e. The van der Waals surface area contributed by atoms with E-state index >= 15 is 0 Å². The minimum atomic E-state index is -0.980. The molecule has 2 aromatic carbocycles. The zero-order valence-electron chi connectivity index (χ0n) is 17.3. The maximum Gasteiger partial charge on any atom is 0.310 e. The summed E-state index contributed by atoms with van der Waals surface area (Å²) in [5.74, 6) is -2.21. The summed E-state index contributed by atoms with van der Waals surface area (Å²) in [7, 11) is 0. The van der Waals surface area contributed by atoms with Crippen LogP contribution in [0.1, 0.15) is 37.3 Å². The molecule has 162 valence electrons. The molecule has 31 heavy (non-hydrogen) atoms. The van der Waals surface area contributed by atoms with Crippen molar-refractivity contribution in [3.63, 3.8) is 0 Å². The van der Waals surface area contributed by atoms with E-state index in [0.717, 1.165) is 42.5 Å². The van der Waals surface area contributed by atoms with Gasteiger partial charge in [0.25, 0.3) is 5.56 Å². The molecule has 0 atom stereocenters. The lowest BCUT2D eigenvalue weighted by Gasteiger charge is -2.09. The van der Waals surface area contributed by atoms with E-state index in [-0.39, 0.29) is 24.5 Å². The maximum atomic E-state index is 13.5. The van der Waals surface area contributed by atoms with Crippen LogP contribution in [0.2, 0.25) is 0 Å². The molecule has 0 saturated heterocycles. The average Bonchev–Trinajstić information content (AvgIpc) is 2.75. The van der Waals surface area contributed by atoms with E-state index in [1.165, 1.54) is 22.9 Å². The SMILES string of the molecule is CCCCCOC(=O)Cc1cccc(Cn2nc(-c3ccc(F)c(F)c3)ccc2=O)c1. The molecule has 0 aliphatic carbocycles. The molecule has 0 radical (unpaired) electrons. The predicted octanol–water partition coefficient (Wildman–Crippen LogP) is 4.51. The molecule has 3 rings (SSSR count). The molecule has 1 aromatic heterocycles. The number of nitrogens with zero attached hydrogens (tertiary/aromatic N) is 2. The van der Waals surface area contributed by atoms with Crippen molar-refractivity contribution in [3.05, 3.63) is 87.7 Å². The molecule has 0 saturated carbocycles. The van der Waals surface area contributed by atoms with Gasteiger partial charge in [-0.15, -0.1) is 0 Å². The molecule has 1 heterocycles. The molecular formula is C24H24F2N2O3. The van der Waals surface area contributed by atoms with Gasteiger partial charge in [0.2, 0.25) is 0 Å². The zero-order chi connectivity index (χ0) is 22.2. The van der Waals surface area contributed by atoms with Crippen LogP contribution >= 0.6 is 0 Å². The fourth-order valence-electron chi connectivity index (χ4n) is 3.14. The van der Waals surface area contributed by atoms with E-state index in [2.05, 4.69) is 12.0 Å². The Labute approximate surface area is 179 Å². The van der Waals surface area contributed by atoms with Crippen LogP contribution in [0.25, 0.3) is 11.3 Å². The molecule has 0 spiro atoms. The maximum absolute atomic E-state index is 13.5. The zero-order valence-corrected chi connectivity index (χ0v) is 17.3. The summed E-state index contributed by atoms with van der Waals surface area (Å²) >= 11 is 0. The molecule has 0 fully saturated rings. The number of halogens is 2. The van der Waals surface area contributed by atoms with Gasteiger partial charge in [-0.1, -0.05) is 44.0 Å². The minimum absolute atomic E-state index is 0.150. The second-order valence-corrected chi connectivity index (χ2v) is 7.27. The Morgan fingerprint density at radius 1 is 1.00 bits per heavy atom. The van der Waals surface area contributed by atoms with Gasteiger partial charge in [-0.2, -0.15) is 5.10 Å². The lowest BCUT2D eigenvalue weighted by Crippen LogP contribution is -2.23. The number of ether oxygens (including phenoxy) is 1. The van der Waals surface area contributed by atoms with Crippen LogP contribution in [0.4, 0.5) is 8.78 Å². The van der Waals surface area contributed by atoms with Gasteiger partial charge in [-0.25, -0.2) is 13.5 Å². The molecule has 7 heteroatoms. The first-order chi connectivity index (χ1) is 15.0. The van der Waals surface area contributed by atoms with Gasteiger partial charge in [0.1, 0.15) is 0 Å². The van der Waals surface area contributed by atoms with Crippen LogP contribution in [0.3, 0.4) is 0 Å². The molecule has 3 aromatic rings. The van der Waals surface area contributed by atoms with Crippen molar-refractivity contribution >= 4 is 5.97 Å². The Hall–Kier alpha value is -3.35. The molecule has 0 aliphatic rings. The fraction of sp³-hybridized carbons (Fsp3) is 0.292. The normalized spacial score (nSPS) is 10.8. The third-order valence-corrected chi connectivity index (χ3v) is 4.77. The van der Waals surface area contributed by atoms with Crippen molar-refractivity contribution in [2.45, 2.75) is 39.2 Å². The summed E-state index contributed by atoms with van der Waals surface area (Å²) in [5, 5.41) is 4.28. The van der Waals surface area contributed by atoms with Crippen molar-refractivity contribution in [2.75, 3.05) is 6.61 Å². The van der Waals surface area contributed by atoms with Crippen molar-refractivity contribution < 1.29 is 18.3 Å². The quantitative estimate of drug-likeness (QED) is 0.373. The molecule has 0 unspecified atom stereocenters. The molecule has 5 nitrogen and oxygen atoms in total. The molecule has 0 N–H and O–H groups in total.